The Balaban J connectivity index is 1.61. The molecule has 0 bridgehead atoms. The average molecular weight is 644 g/mol. The van der Waals surface area contributed by atoms with Gasteiger partial charge in [0.15, 0.2) is 6.61 Å². The highest BCUT2D eigenvalue weighted by Gasteiger charge is 2.47. The summed E-state index contributed by atoms with van der Waals surface area (Å²) >= 11 is 1.96. The number of carbonyl (C=O) groups is 4. The zero-order chi connectivity index (χ0) is 28.1. The van der Waals surface area contributed by atoms with Gasteiger partial charge in [-0.05, 0) is 64.0 Å². The number of imide groups is 1. The molecule has 3 N–H and O–H groups in total. The van der Waals surface area contributed by atoms with Crippen molar-refractivity contribution in [2.24, 2.45) is 0 Å². The quantitative estimate of drug-likeness (QED) is 0.241. The molecule has 3 aromatic rings. The van der Waals surface area contributed by atoms with Crippen LogP contribution in [0.25, 0.3) is 0 Å². The Bertz CT molecular complexity index is 1390. The normalized spacial score (nSPS) is 16.3. The molecular formula is C28H26FIN4O5. The number of hydrogen-bond donors (Lipinski definition) is 3. The van der Waals surface area contributed by atoms with Crippen molar-refractivity contribution in [1.29, 1.82) is 0 Å². The van der Waals surface area contributed by atoms with Crippen LogP contribution < -0.4 is 20.7 Å². The van der Waals surface area contributed by atoms with E-state index in [1.165, 1.54) is 19.2 Å². The summed E-state index contributed by atoms with van der Waals surface area (Å²) in [7, 11) is 1.50. The van der Waals surface area contributed by atoms with E-state index >= 15 is 0 Å². The molecule has 0 unspecified atom stereocenters. The average Bonchev–Trinajstić information content (AvgIpc) is 3.23. The molecule has 0 spiro atoms. The van der Waals surface area contributed by atoms with E-state index in [2.05, 4.69) is 16.0 Å². The lowest BCUT2D eigenvalue weighted by Crippen LogP contribution is -2.50. The number of nitrogens with zero attached hydrogens (tertiary/aromatic N) is 1. The highest BCUT2D eigenvalue weighted by atomic mass is 127. The smallest absolute Gasteiger partial charge is 0.325 e. The number of hydrogen-bond acceptors (Lipinski definition) is 5. The van der Waals surface area contributed by atoms with Gasteiger partial charge in [0.1, 0.15) is 23.7 Å². The lowest BCUT2D eigenvalue weighted by molar-refractivity contribution is -0.134. The summed E-state index contributed by atoms with van der Waals surface area (Å²) in [5, 5.41) is 7.66. The summed E-state index contributed by atoms with van der Waals surface area (Å²) in [5.41, 5.74) is 1.14. The summed E-state index contributed by atoms with van der Waals surface area (Å²) in [6, 6.07) is 16.7. The Morgan fingerprint density at radius 1 is 1.08 bits per heavy atom. The third-order valence-corrected chi connectivity index (χ3v) is 7.04. The van der Waals surface area contributed by atoms with E-state index in [-0.39, 0.29) is 18.2 Å². The molecule has 9 nitrogen and oxygen atoms in total. The van der Waals surface area contributed by atoms with Gasteiger partial charge in [0.05, 0.1) is 5.69 Å². The van der Waals surface area contributed by atoms with Gasteiger partial charge < -0.3 is 20.7 Å². The summed E-state index contributed by atoms with van der Waals surface area (Å²) in [6.45, 7) is 1.56. The predicted octanol–water partition coefficient (Wildman–Crippen LogP) is 3.96. The molecule has 1 aliphatic rings. The van der Waals surface area contributed by atoms with Crippen LogP contribution in [0.2, 0.25) is 0 Å². The van der Waals surface area contributed by atoms with Gasteiger partial charge in [-0.2, -0.15) is 0 Å². The fourth-order valence-electron chi connectivity index (χ4n) is 4.27. The topological polar surface area (TPSA) is 117 Å². The number of anilines is 1. The van der Waals surface area contributed by atoms with Crippen LogP contribution in [-0.4, -0.2) is 48.3 Å². The fraction of sp³-hybridized carbons (Fsp3) is 0.214. The Labute approximate surface area is 238 Å². The summed E-state index contributed by atoms with van der Waals surface area (Å²) < 4.78 is 20.6. The number of likely N-dealkylation sites (N-methyl/N-ethyl adjacent to an activating group) is 1. The number of urea groups is 1. The van der Waals surface area contributed by atoms with Crippen molar-refractivity contribution in [2.75, 3.05) is 19.0 Å². The highest BCUT2D eigenvalue weighted by Crippen LogP contribution is 2.32. The first-order valence-corrected chi connectivity index (χ1v) is 13.1. The van der Waals surface area contributed by atoms with Gasteiger partial charge in [0.2, 0.25) is 5.91 Å². The minimum atomic E-state index is -1.27. The van der Waals surface area contributed by atoms with Gasteiger partial charge in [0.25, 0.3) is 11.8 Å². The molecule has 0 aromatic heterocycles. The minimum absolute atomic E-state index is 0.0541. The van der Waals surface area contributed by atoms with E-state index in [1.807, 2.05) is 28.7 Å². The van der Waals surface area contributed by atoms with Crippen molar-refractivity contribution in [3.63, 3.8) is 0 Å². The maximum Gasteiger partial charge on any atom is 0.325 e. The number of benzene rings is 3. The first-order chi connectivity index (χ1) is 18.7. The van der Waals surface area contributed by atoms with Crippen LogP contribution in [-0.2, 0) is 14.4 Å². The van der Waals surface area contributed by atoms with Crippen LogP contribution in [0.3, 0.4) is 0 Å². The van der Waals surface area contributed by atoms with Crippen LogP contribution in [0.4, 0.5) is 14.9 Å². The Hall–Kier alpha value is -4.00. The number of halogens is 2. The summed E-state index contributed by atoms with van der Waals surface area (Å²) in [6.07, 6.45) is 0. The van der Waals surface area contributed by atoms with Crippen molar-refractivity contribution >= 4 is 52.0 Å². The van der Waals surface area contributed by atoms with Crippen molar-refractivity contribution in [3.8, 4) is 5.75 Å². The molecule has 1 aliphatic heterocycles. The van der Waals surface area contributed by atoms with Crippen molar-refractivity contribution in [3.05, 3.63) is 93.3 Å². The lowest BCUT2D eigenvalue weighted by atomic mass is 9.91. The third kappa shape index (κ3) is 6.36. The monoisotopic (exact) mass is 644 g/mol. The molecule has 5 amide bonds. The predicted molar refractivity (Wildman–Crippen MR) is 151 cm³/mol. The van der Waals surface area contributed by atoms with E-state index in [4.69, 9.17) is 4.74 Å². The van der Waals surface area contributed by atoms with Gasteiger partial charge >= 0.3 is 6.03 Å². The number of ether oxygens (including phenoxy) is 1. The zero-order valence-corrected chi connectivity index (χ0v) is 23.3. The Morgan fingerprint density at radius 2 is 1.77 bits per heavy atom. The molecular weight excluding hydrogens is 618 g/mol. The van der Waals surface area contributed by atoms with Crippen LogP contribution in [0.1, 0.15) is 30.0 Å². The van der Waals surface area contributed by atoms with Crippen LogP contribution in [0, 0.1) is 9.39 Å². The van der Waals surface area contributed by atoms with E-state index in [9.17, 15) is 23.6 Å². The number of amides is 5. The second-order valence-corrected chi connectivity index (χ2v) is 10.1. The van der Waals surface area contributed by atoms with E-state index < -0.39 is 41.7 Å². The maximum absolute atomic E-state index is 14.6. The molecule has 3 aromatic carbocycles. The molecule has 39 heavy (non-hydrogen) atoms. The molecule has 1 heterocycles. The molecule has 202 valence electrons. The molecule has 11 heteroatoms. The maximum atomic E-state index is 14.6. The number of carbonyl (C=O) groups excluding carboxylic acids is 4. The van der Waals surface area contributed by atoms with Crippen LogP contribution in [0.5, 0.6) is 5.75 Å². The van der Waals surface area contributed by atoms with E-state index in [1.54, 1.807) is 61.5 Å². The number of rotatable bonds is 9. The summed E-state index contributed by atoms with van der Waals surface area (Å²) in [5.74, 6) is -2.44. The van der Waals surface area contributed by atoms with Gasteiger partial charge in [-0.1, -0.05) is 49.4 Å². The molecule has 0 saturated carbocycles. The lowest BCUT2D eigenvalue weighted by Gasteiger charge is -2.30. The molecule has 3 atom stereocenters. The Morgan fingerprint density at radius 3 is 2.41 bits per heavy atom. The van der Waals surface area contributed by atoms with E-state index in [0.717, 1.165) is 10.5 Å². The first kappa shape index (κ1) is 28.0. The molecule has 4 rings (SSSR count). The standard InChI is InChI=1S/C28H26FIN4O5/c1-16(17-6-4-3-5-7-17)25(26(36)32-22-13-10-19(30)14-21(22)29)34-27(37)24(33-28(34)38)18-8-11-20(12-9-18)39-15-23(35)31-2/h3-14,16,24-25H,15H2,1-2H3,(H,31,35)(H,32,36)(H,33,38)/t16-,24+,25-/m0/s1. The second kappa shape index (κ2) is 12.2. The van der Waals surface area contributed by atoms with Gasteiger partial charge in [-0.25, -0.2) is 14.1 Å². The SMILES string of the molecule is CNC(=O)COc1ccc([C@H]2NC(=O)N([C@H](C(=O)Nc3ccc(I)cc3F)[C@@H](C)c3ccccc3)C2=O)cc1. The Kier molecular flexibility index (Phi) is 8.79. The van der Waals surface area contributed by atoms with Gasteiger partial charge in [-0.3, -0.25) is 14.4 Å². The van der Waals surface area contributed by atoms with Crippen LogP contribution in [0.15, 0.2) is 72.8 Å². The van der Waals surface area contributed by atoms with Crippen molar-refractivity contribution in [2.45, 2.75) is 24.9 Å². The molecule has 0 radical (unpaired) electrons. The molecule has 1 saturated heterocycles. The van der Waals surface area contributed by atoms with Crippen molar-refractivity contribution in [1.82, 2.24) is 15.5 Å². The second-order valence-electron chi connectivity index (χ2n) is 8.88. The zero-order valence-electron chi connectivity index (χ0n) is 21.1. The number of nitrogens with one attached hydrogen (secondary N) is 3. The minimum Gasteiger partial charge on any atom is -0.484 e. The van der Waals surface area contributed by atoms with Crippen LogP contribution >= 0.6 is 22.6 Å². The molecule has 1 fully saturated rings. The first-order valence-electron chi connectivity index (χ1n) is 12.1. The van der Waals surface area contributed by atoms with Gasteiger partial charge in [-0.15, -0.1) is 0 Å². The molecule has 0 aliphatic carbocycles. The van der Waals surface area contributed by atoms with Gasteiger partial charge in [0, 0.05) is 16.5 Å². The fourth-order valence-corrected chi connectivity index (χ4v) is 4.72. The van der Waals surface area contributed by atoms with E-state index in [0.29, 0.717) is 14.9 Å². The largest absolute Gasteiger partial charge is 0.484 e. The third-order valence-electron chi connectivity index (χ3n) is 6.37. The highest BCUT2D eigenvalue weighted by molar-refractivity contribution is 14.1. The van der Waals surface area contributed by atoms with Crippen molar-refractivity contribution < 1.29 is 28.3 Å². The summed E-state index contributed by atoms with van der Waals surface area (Å²) in [4.78, 5) is 52.7.